The monoisotopic (exact) mass is 297 g/mol. The highest BCUT2D eigenvalue weighted by Gasteiger charge is 2.46. The van der Waals surface area contributed by atoms with Crippen molar-refractivity contribution in [2.75, 3.05) is 6.61 Å². The number of carbonyl (C=O) groups is 2. The van der Waals surface area contributed by atoms with Crippen LogP contribution in [0.15, 0.2) is 5.38 Å². The van der Waals surface area contributed by atoms with Crippen molar-refractivity contribution in [1.29, 1.82) is 0 Å². The second kappa shape index (κ2) is 5.52. The summed E-state index contributed by atoms with van der Waals surface area (Å²) in [5.41, 5.74) is -0.232. The fraction of sp³-hybridized carbons (Fsp3) is 0.643. The molecule has 0 aromatic carbocycles. The lowest BCUT2D eigenvalue weighted by molar-refractivity contribution is -0.145. The number of hydrogen-bond donors (Lipinski definition) is 0. The Hall–Kier alpha value is -1.43. The fourth-order valence-corrected chi connectivity index (χ4v) is 2.93. The molecule has 0 unspecified atom stereocenters. The molecule has 0 saturated carbocycles. The maximum absolute atomic E-state index is 12.0. The maximum Gasteiger partial charge on any atom is 0.358 e. The number of thiazole rings is 1. The molecule has 1 saturated heterocycles. The van der Waals surface area contributed by atoms with Gasteiger partial charge in [-0.25, -0.2) is 14.6 Å². The summed E-state index contributed by atoms with van der Waals surface area (Å²) in [7, 11) is 0. The van der Waals surface area contributed by atoms with Gasteiger partial charge in [0, 0.05) is 17.2 Å². The summed E-state index contributed by atoms with van der Waals surface area (Å²) in [5.74, 6) is -0.567. The quantitative estimate of drug-likeness (QED) is 0.799. The number of hydrogen-bond acceptors (Lipinski definition) is 6. The molecule has 6 heteroatoms. The summed E-state index contributed by atoms with van der Waals surface area (Å²) in [6.07, 6.45) is -0.0280. The molecule has 1 aromatic rings. The molecule has 5 nitrogen and oxygen atoms in total. The van der Waals surface area contributed by atoms with Crippen LogP contribution < -0.4 is 0 Å². The van der Waals surface area contributed by atoms with Crippen molar-refractivity contribution in [3.63, 3.8) is 0 Å². The van der Waals surface area contributed by atoms with Gasteiger partial charge in [-0.3, -0.25) is 0 Å². The fourth-order valence-electron chi connectivity index (χ4n) is 1.95. The van der Waals surface area contributed by atoms with E-state index in [1.165, 1.54) is 11.3 Å². The minimum atomic E-state index is -0.856. The van der Waals surface area contributed by atoms with Gasteiger partial charge in [-0.05, 0) is 5.92 Å². The lowest BCUT2D eigenvalue weighted by atomic mass is 9.90. The van der Waals surface area contributed by atoms with Gasteiger partial charge in [-0.2, -0.15) is 0 Å². The summed E-state index contributed by atoms with van der Waals surface area (Å²) in [6.45, 7) is 8.12. The van der Waals surface area contributed by atoms with E-state index in [2.05, 4.69) is 18.8 Å². The lowest BCUT2D eigenvalue weighted by Gasteiger charge is -2.21. The van der Waals surface area contributed by atoms with Gasteiger partial charge in [-0.1, -0.05) is 27.7 Å². The van der Waals surface area contributed by atoms with E-state index in [9.17, 15) is 9.59 Å². The zero-order chi connectivity index (χ0) is 14.9. The molecule has 110 valence electrons. The van der Waals surface area contributed by atoms with Gasteiger partial charge in [0.15, 0.2) is 5.69 Å². The normalized spacial score (nSPS) is 21.1. The van der Waals surface area contributed by atoms with Crippen molar-refractivity contribution in [2.45, 2.75) is 40.2 Å². The highest BCUT2D eigenvalue weighted by Crippen LogP contribution is 2.31. The number of ether oxygens (including phenoxy) is 2. The van der Waals surface area contributed by atoms with Gasteiger partial charge in [0.05, 0.1) is 5.01 Å². The Morgan fingerprint density at radius 3 is 2.85 bits per heavy atom. The number of carbonyl (C=O) groups excluding carboxylic acids is 2. The molecule has 0 N–H and O–H groups in total. The Kier molecular flexibility index (Phi) is 4.13. The molecule has 0 bridgehead atoms. The molecule has 0 aliphatic carbocycles. The van der Waals surface area contributed by atoms with Gasteiger partial charge >= 0.3 is 11.9 Å². The number of rotatable bonds is 4. The van der Waals surface area contributed by atoms with Crippen molar-refractivity contribution in [2.24, 2.45) is 11.3 Å². The zero-order valence-corrected chi connectivity index (χ0v) is 13.0. The van der Waals surface area contributed by atoms with Gasteiger partial charge < -0.3 is 9.47 Å². The first-order chi connectivity index (χ1) is 9.29. The number of aromatic nitrogens is 1. The van der Waals surface area contributed by atoms with E-state index >= 15 is 0 Å². The molecule has 1 aliphatic rings. The van der Waals surface area contributed by atoms with Crippen molar-refractivity contribution in [3.05, 3.63) is 16.1 Å². The SMILES string of the molecule is CC(C)Cc1nc(C(=O)O[C@H]2C(=O)OCC2(C)C)cs1. The molecular formula is C14H19NO4S. The molecular weight excluding hydrogens is 278 g/mol. The highest BCUT2D eigenvalue weighted by atomic mass is 32.1. The molecule has 0 spiro atoms. The van der Waals surface area contributed by atoms with Gasteiger partial charge in [0.1, 0.15) is 6.61 Å². The van der Waals surface area contributed by atoms with Crippen LogP contribution in [0.1, 0.15) is 43.2 Å². The second-order valence-corrected chi connectivity index (χ2v) is 7.05. The van der Waals surface area contributed by atoms with Crippen molar-refractivity contribution < 1.29 is 19.1 Å². The van der Waals surface area contributed by atoms with Crippen LogP contribution in [0.25, 0.3) is 0 Å². The Labute approximate surface area is 122 Å². The van der Waals surface area contributed by atoms with E-state index in [0.29, 0.717) is 5.92 Å². The molecule has 2 heterocycles. The number of esters is 2. The molecule has 1 aliphatic heterocycles. The third-order valence-electron chi connectivity index (χ3n) is 3.08. The van der Waals surface area contributed by atoms with Crippen LogP contribution in [0.5, 0.6) is 0 Å². The molecule has 20 heavy (non-hydrogen) atoms. The van der Waals surface area contributed by atoms with Crippen LogP contribution in [0.3, 0.4) is 0 Å². The predicted molar refractivity (Wildman–Crippen MR) is 74.6 cm³/mol. The summed E-state index contributed by atoms with van der Waals surface area (Å²) < 4.78 is 10.2. The Morgan fingerprint density at radius 2 is 2.30 bits per heavy atom. The third-order valence-corrected chi connectivity index (χ3v) is 3.95. The van der Waals surface area contributed by atoms with Crippen molar-refractivity contribution in [3.8, 4) is 0 Å². The summed E-state index contributed by atoms with van der Waals surface area (Å²) in [5, 5.41) is 2.58. The minimum absolute atomic E-state index is 0.263. The van der Waals surface area contributed by atoms with E-state index in [0.717, 1.165) is 11.4 Å². The van der Waals surface area contributed by atoms with Crippen LogP contribution in [0.2, 0.25) is 0 Å². The molecule has 1 aromatic heterocycles. The highest BCUT2D eigenvalue weighted by molar-refractivity contribution is 7.09. The zero-order valence-electron chi connectivity index (χ0n) is 12.1. The molecule has 0 amide bonds. The first kappa shape index (κ1) is 15.0. The minimum Gasteiger partial charge on any atom is -0.462 e. The number of cyclic esters (lactones) is 1. The van der Waals surface area contributed by atoms with Crippen LogP contribution in [-0.4, -0.2) is 29.6 Å². The van der Waals surface area contributed by atoms with Gasteiger partial charge in [-0.15, -0.1) is 11.3 Å². The first-order valence-corrected chi connectivity index (χ1v) is 7.49. The van der Waals surface area contributed by atoms with Gasteiger partial charge in [0.2, 0.25) is 6.10 Å². The predicted octanol–water partition coefficient (Wildman–Crippen LogP) is 2.45. The smallest absolute Gasteiger partial charge is 0.358 e. The van der Waals surface area contributed by atoms with E-state index in [-0.39, 0.29) is 12.3 Å². The van der Waals surface area contributed by atoms with E-state index in [1.54, 1.807) is 5.38 Å². The van der Waals surface area contributed by atoms with Gasteiger partial charge in [0.25, 0.3) is 0 Å². The second-order valence-electron chi connectivity index (χ2n) is 6.11. The van der Waals surface area contributed by atoms with E-state index in [1.807, 2.05) is 13.8 Å². The number of nitrogens with zero attached hydrogens (tertiary/aromatic N) is 1. The average Bonchev–Trinajstić information content (AvgIpc) is 2.88. The largest absolute Gasteiger partial charge is 0.462 e. The molecule has 2 rings (SSSR count). The Bertz CT molecular complexity index is 521. The molecule has 1 atom stereocenters. The standard InChI is InChI=1S/C14H19NO4S/c1-8(2)5-10-15-9(6-20-10)12(16)19-11-13(17)18-7-14(11,3)4/h6,8,11H,5,7H2,1-4H3/t11-/m0/s1. The lowest BCUT2D eigenvalue weighted by Crippen LogP contribution is -2.35. The van der Waals surface area contributed by atoms with E-state index in [4.69, 9.17) is 9.47 Å². The summed E-state index contributed by atoms with van der Waals surface area (Å²) >= 11 is 1.44. The maximum atomic E-state index is 12.0. The Morgan fingerprint density at radius 1 is 1.60 bits per heavy atom. The van der Waals surface area contributed by atoms with Crippen molar-refractivity contribution >= 4 is 23.3 Å². The Balaban J connectivity index is 2.05. The van der Waals surface area contributed by atoms with E-state index < -0.39 is 23.5 Å². The van der Waals surface area contributed by atoms with Crippen LogP contribution in [0.4, 0.5) is 0 Å². The van der Waals surface area contributed by atoms with Crippen molar-refractivity contribution in [1.82, 2.24) is 4.98 Å². The summed E-state index contributed by atoms with van der Waals surface area (Å²) in [4.78, 5) is 27.9. The summed E-state index contributed by atoms with van der Waals surface area (Å²) in [6, 6.07) is 0. The molecule has 1 fully saturated rings. The van der Waals surface area contributed by atoms with Crippen LogP contribution in [0, 0.1) is 11.3 Å². The molecule has 0 radical (unpaired) electrons. The topological polar surface area (TPSA) is 65.5 Å². The third kappa shape index (κ3) is 3.17. The first-order valence-electron chi connectivity index (χ1n) is 6.61. The van der Waals surface area contributed by atoms with Crippen LogP contribution in [-0.2, 0) is 20.7 Å². The average molecular weight is 297 g/mol. The van der Waals surface area contributed by atoms with Crippen LogP contribution >= 0.6 is 11.3 Å².